The van der Waals surface area contributed by atoms with Crippen molar-refractivity contribution >= 4 is 29.1 Å². The lowest BCUT2D eigenvalue weighted by molar-refractivity contribution is -0.136. The summed E-state index contributed by atoms with van der Waals surface area (Å²) in [5.41, 5.74) is 1.02. The van der Waals surface area contributed by atoms with Crippen molar-refractivity contribution < 1.29 is 14.0 Å². The van der Waals surface area contributed by atoms with Gasteiger partial charge in [-0.1, -0.05) is 41.9 Å². The van der Waals surface area contributed by atoms with E-state index in [1.807, 2.05) is 30.3 Å². The Balaban J connectivity index is 1.71. The summed E-state index contributed by atoms with van der Waals surface area (Å²) in [5.74, 6) is -2.35. The molecule has 0 bridgehead atoms. The highest BCUT2D eigenvalue weighted by molar-refractivity contribution is 6.40. The highest BCUT2D eigenvalue weighted by Gasteiger charge is 2.21. The third-order valence-electron chi connectivity index (χ3n) is 3.73. The van der Waals surface area contributed by atoms with Crippen LogP contribution in [-0.4, -0.2) is 26.6 Å². The van der Waals surface area contributed by atoms with Gasteiger partial charge in [0.25, 0.3) is 0 Å². The number of aromatic nitrogens is 3. The van der Waals surface area contributed by atoms with Crippen LogP contribution in [0.25, 0.3) is 0 Å². The number of nitrogens with one attached hydrogen (secondary N) is 2. The van der Waals surface area contributed by atoms with Gasteiger partial charge >= 0.3 is 11.8 Å². The summed E-state index contributed by atoms with van der Waals surface area (Å²) in [5, 5.41) is 8.93. The summed E-state index contributed by atoms with van der Waals surface area (Å²) < 4.78 is 14.7. The summed E-state index contributed by atoms with van der Waals surface area (Å²) >= 11 is 5.68. The van der Waals surface area contributed by atoms with Gasteiger partial charge in [-0.05, 0) is 23.8 Å². The molecule has 0 saturated heterocycles. The average Bonchev–Trinajstić information content (AvgIpc) is 3.18. The van der Waals surface area contributed by atoms with Crippen LogP contribution in [0.2, 0.25) is 5.02 Å². The van der Waals surface area contributed by atoms with Gasteiger partial charge in [-0.2, -0.15) is 5.10 Å². The third kappa shape index (κ3) is 4.89. The average molecular weight is 388 g/mol. The number of halogens is 2. The van der Waals surface area contributed by atoms with E-state index in [4.69, 9.17) is 11.6 Å². The van der Waals surface area contributed by atoms with Crippen molar-refractivity contribution in [2.75, 3.05) is 5.32 Å². The van der Waals surface area contributed by atoms with E-state index in [0.717, 1.165) is 11.6 Å². The molecule has 1 unspecified atom stereocenters. The van der Waals surface area contributed by atoms with Gasteiger partial charge < -0.3 is 10.6 Å². The normalized spacial score (nSPS) is 11.6. The van der Waals surface area contributed by atoms with Gasteiger partial charge in [0.05, 0.1) is 17.6 Å². The minimum absolute atomic E-state index is 0.151. The molecule has 138 valence electrons. The number of benzene rings is 2. The molecule has 0 fully saturated rings. The van der Waals surface area contributed by atoms with Gasteiger partial charge in [0.15, 0.2) is 0 Å². The molecule has 2 amide bonds. The maximum atomic E-state index is 13.2. The second kappa shape index (κ2) is 8.41. The number of hydrogen-bond acceptors (Lipinski definition) is 4. The SMILES string of the molecule is O=C(Nc1ccc(F)c(Cl)c1)C(=O)NC(Cn1cncn1)c1ccccc1. The van der Waals surface area contributed by atoms with Crippen LogP contribution in [0.3, 0.4) is 0 Å². The molecular weight excluding hydrogens is 373 g/mol. The summed E-state index contributed by atoms with van der Waals surface area (Å²) in [6, 6.07) is 12.3. The Hall–Kier alpha value is -3.26. The summed E-state index contributed by atoms with van der Waals surface area (Å²) in [7, 11) is 0. The van der Waals surface area contributed by atoms with Gasteiger partial charge in [-0.15, -0.1) is 0 Å². The minimum Gasteiger partial charge on any atom is -0.339 e. The standard InChI is InChI=1S/C18H15ClFN5O2/c19-14-8-13(6-7-15(14)20)23-17(26)18(27)24-16(9-25-11-21-10-22-25)12-4-2-1-3-5-12/h1-8,10-11,16H,9H2,(H,23,26)(H,24,27). The summed E-state index contributed by atoms with van der Waals surface area (Å²) in [6.45, 7) is 0.297. The Morgan fingerprint density at radius 3 is 2.59 bits per heavy atom. The third-order valence-corrected chi connectivity index (χ3v) is 4.02. The first kappa shape index (κ1) is 18.5. The van der Waals surface area contributed by atoms with Crippen molar-refractivity contribution in [1.82, 2.24) is 20.1 Å². The van der Waals surface area contributed by atoms with Crippen LogP contribution in [-0.2, 0) is 16.1 Å². The molecule has 7 nitrogen and oxygen atoms in total. The molecule has 2 aromatic carbocycles. The van der Waals surface area contributed by atoms with Crippen molar-refractivity contribution in [1.29, 1.82) is 0 Å². The van der Waals surface area contributed by atoms with Crippen LogP contribution in [0.5, 0.6) is 0 Å². The van der Waals surface area contributed by atoms with E-state index in [-0.39, 0.29) is 10.7 Å². The van der Waals surface area contributed by atoms with Gasteiger partial charge in [0.1, 0.15) is 18.5 Å². The Morgan fingerprint density at radius 2 is 1.93 bits per heavy atom. The van der Waals surface area contributed by atoms with E-state index in [1.165, 1.54) is 24.8 Å². The van der Waals surface area contributed by atoms with E-state index in [9.17, 15) is 14.0 Å². The topological polar surface area (TPSA) is 88.9 Å². The molecule has 0 radical (unpaired) electrons. The number of carbonyl (C=O) groups excluding carboxylic acids is 2. The molecule has 27 heavy (non-hydrogen) atoms. The molecule has 0 aliphatic rings. The van der Waals surface area contributed by atoms with E-state index in [0.29, 0.717) is 6.54 Å². The highest BCUT2D eigenvalue weighted by Crippen LogP contribution is 2.19. The Bertz CT molecular complexity index is 934. The molecule has 0 spiro atoms. The maximum Gasteiger partial charge on any atom is 0.313 e. The lowest BCUT2D eigenvalue weighted by Crippen LogP contribution is -2.39. The molecule has 9 heteroatoms. The number of anilines is 1. The largest absolute Gasteiger partial charge is 0.339 e. The predicted molar refractivity (Wildman–Crippen MR) is 97.4 cm³/mol. The van der Waals surface area contributed by atoms with Gasteiger partial charge in [0.2, 0.25) is 0 Å². The zero-order valence-corrected chi connectivity index (χ0v) is 14.7. The molecule has 3 rings (SSSR count). The van der Waals surface area contributed by atoms with E-state index < -0.39 is 23.7 Å². The Kier molecular flexibility index (Phi) is 5.77. The monoisotopic (exact) mass is 387 g/mol. The van der Waals surface area contributed by atoms with E-state index in [1.54, 1.807) is 4.68 Å². The molecule has 1 heterocycles. The van der Waals surface area contributed by atoms with Crippen LogP contribution in [0, 0.1) is 5.82 Å². The molecular formula is C18H15ClFN5O2. The first-order valence-corrected chi connectivity index (χ1v) is 8.35. The number of carbonyl (C=O) groups is 2. The zero-order valence-electron chi connectivity index (χ0n) is 14.0. The van der Waals surface area contributed by atoms with Crippen molar-refractivity contribution in [3.63, 3.8) is 0 Å². The number of nitrogens with zero attached hydrogens (tertiary/aromatic N) is 3. The number of amides is 2. The molecule has 0 saturated carbocycles. The van der Waals surface area contributed by atoms with Crippen LogP contribution in [0.1, 0.15) is 11.6 Å². The first-order chi connectivity index (χ1) is 13.0. The number of rotatable bonds is 5. The van der Waals surface area contributed by atoms with E-state index >= 15 is 0 Å². The molecule has 0 aliphatic heterocycles. The molecule has 3 aromatic rings. The molecule has 1 aromatic heterocycles. The zero-order chi connectivity index (χ0) is 19.2. The van der Waals surface area contributed by atoms with Crippen LogP contribution in [0.4, 0.5) is 10.1 Å². The van der Waals surface area contributed by atoms with Gasteiger partial charge in [-0.3, -0.25) is 14.3 Å². The molecule has 0 aliphatic carbocycles. The predicted octanol–water partition coefficient (Wildman–Crippen LogP) is 2.57. The van der Waals surface area contributed by atoms with Crippen molar-refractivity contribution in [3.8, 4) is 0 Å². The quantitative estimate of drug-likeness (QED) is 0.658. The van der Waals surface area contributed by atoms with Crippen LogP contribution in [0.15, 0.2) is 61.2 Å². The van der Waals surface area contributed by atoms with Crippen molar-refractivity contribution in [3.05, 3.63) is 77.6 Å². The fourth-order valence-corrected chi connectivity index (χ4v) is 2.60. The summed E-state index contributed by atoms with van der Waals surface area (Å²) in [4.78, 5) is 28.4. The Labute approximate surface area is 159 Å². The molecule has 2 N–H and O–H groups in total. The van der Waals surface area contributed by atoms with Crippen molar-refractivity contribution in [2.45, 2.75) is 12.6 Å². The fraction of sp³-hybridized carbons (Fsp3) is 0.111. The first-order valence-electron chi connectivity index (χ1n) is 7.97. The van der Waals surface area contributed by atoms with Gasteiger partial charge in [-0.25, -0.2) is 9.37 Å². The maximum absolute atomic E-state index is 13.2. The second-order valence-electron chi connectivity index (χ2n) is 5.64. The van der Waals surface area contributed by atoms with Crippen LogP contribution >= 0.6 is 11.6 Å². The lowest BCUT2D eigenvalue weighted by Gasteiger charge is -2.19. The molecule has 1 atom stereocenters. The smallest absolute Gasteiger partial charge is 0.313 e. The minimum atomic E-state index is -0.891. The van der Waals surface area contributed by atoms with E-state index in [2.05, 4.69) is 20.7 Å². The Morgan fingerprint density at radius 1 is 1.15 bits per heavy atom. The summed E-state index contributed by atoms with van der Waals surface area (Å²) in [6.07, 6.45) is 2.90. The van der Waals surface area contributed by atoms with Crippen LogP contribution < -0.4 is 10.6 Å². The fourth-order valence-electron chi connectivity index (χ4n) is 2.42. The second-order valence-corrected chi connectivity index (χ2v) is 6.04. The highest BCUT2D eigenvalue weighted by atomic mass is 35.5. The lowest BCUT2D eigenvalue weighted by atomic mass is 10.1. The van der Waals surface area contributed by atoms with Gasteiger partial charge in [0, 0.05) is 5.69 Å². The number of hydrogen-bond donors (Lipinski definition) is 2. The van der Waals surface area contributed by atoms with Crippen molar-refractivity contribution in [2.24, 2.45) is 0 Å².